The molecule has 112 valence electrons. The molecule has 1 aromatic rings. The molecule has 2 rings (SSSR count). The Hall–Kier alpha value is -2.37. The fourth-order valence-corrected chi connectivity index (χ4v) is 2.44. The normalized spacial score (nSPS) is 19.4. The number of nitrogens with two attached hydrogens (primary N) is 1. The molecular formula is C15H18N2O4. The summed E-state index contributed by atoms with van der Waals surface area (Å²) in [5.74, 6) is -1.89. The van der Waals surface area contributed by atoms with Gasteiger partial charge in [0.25, 0.3) is 5.91 Å². The van der Waals surface area contributed by atoms with Crippen molar-refractivity contribution in [2.45, 2.75) is 19.4 Å². The van der Waals surface area contributed by atoms with Gasteiger partial charge in [-0.05, 0) is 12.5 Å². The van der Waals surface area contributed by atoms with Crippen LogP contribution in [0.2, 0.25) is 0 Å². The van der Waals surface area contributed by atoms with Crippen LogP contribution in [0.4, 0.5) is 0 Å². The van der Waals surface area contributed by atoms with Gasteiger partial charge in [0.1, 0.15) is 0 Å². The highest BCUT2D eigenvalue weighted by molar-refractivity contribution is 5.88. The van der Waals surface area contributed by atoms with Crippen molar-refractivity contribution in [1.82, 2.24) is 4.90 Å². The standard InChI is InChI=1S/C15H18N2O4/c1-10(11-5-3-2-4-6-11)17-8-12(7-14(17)19)15(20)21-9-13(16)18/h2-6,10,12H,7-9H2,1H3,(H2,16,18)/t10-,12+/m0/s1. The Labute approximate surface area is 122 Å². The minimum absolute atomic E-state index is 0.0904. The molecule has 2 atom stereocenters. The van der Waals surface area contributed by atoms with E-state index in [2.05, 4.69) is 0 Å². The average Bonchev–Trinajstić information content (AvgIpc) is 2.87. The van der Waals surface area contributed by atoms with Gasteiger partial charge in [0, 0.05) is 13.0 Å². The van der Waals surface area contributed by atoms with Crippen molar-refractivity contribution >= 4 is 17.8 Å². The fourth-order valence-electron chi connectivity index (χ4n) is 2.44. The minimum Gasteiger partial charge on any atom is -0.455 e. The molecule has 0 unspecified atom stereocenters. The average molecular weight is 290 g/mol. The predicted octanol–water partition coefficient (Wildman–Crippen LogP) is 0.625. The molecule has 1 aliphatic heterocycles. The summed E-state index contributed by atoms with van der Waals surface area (Å²) in [7, 11) is 0. The Morgan fingerprint density at radius 2 is 2.05 bits per heavy atom. The number of primary amides is 1. The second-order valence-electron chi connectivity index (χ2n) is 5.11. The molecular weight excluding hydrogens is 272 g/mol. The van der Waals surface area contributed by atoms with E-state index in [0.717, 1.165) is 5.56 Å². The van der Waals surface area contributed by atoms with E-state index in [1.807, 2.05) is 37.3 Å². The van der Waals surface area contributed by atoms with Crippen LogP contribution in [0.15, 0.2) is 30.3 Å². The minimum atomic E-state index is -0.706. The number of carbonyl (C=O) groups excluding carboxylic acids is 3. The molecule has 0 aliphatic carbocycles. The van der Waals surface area contributed by atoms with Gasteiger partial charge >= 0.3 is 5.97 Å². The Balaban J connectivity index is 1.99. The molecule has 1 fully saturated rings. The summed E-state index contributed by atoms with van der Waals surface area (Å²) in [5, 5.41) is 0. The van der Waals surface area contributed by atoms with Crippen LogP contribution < -0.4 is 5.73 Å². The Morgan fingerprint density at radius 3 is 2.67 bits per heavy atom. The van der Waals surface area contributed by atoms with E-state index >= 15 is 0 Å². The molecule has 1 aliphatic rings. The van der Waals surface area contributed by atoms with Crippen LogP contribution in [-0.2, 0) is 19.1 Å². The zero-order valence-electron chi connectivity index (χ0n) is 11.8. The van der Waals surface area contributed by atoms with Crippen molar-refractivity contribution in [1.29, 1.82) is 0 Å². The summed E-state index contributed by atoms with van der Waals surface area (Å²) in [6.45, 7) is 1.77. The molecule has 6 nitrogen and oxygen atoms in total. The fraction of sp³-hybridized carbons (Fsp3) is 0.400. The van der Waals surface area contributed by atoms with E-state index in [0.29, 0.717) is 6.54 Å². The van der Waals surface area contributed by atoms with Gasteiger partial charge in [-0.2, -0.15) is 0 Å². The molecule has 0 spiro atoms. The van der Waals surface area contributed by atoms with Gasteiger partial charge in [0.15, 0.2) is 6.61 Å². The second-order valence-corrected chi connectivity index (χ2v) is 5.11. The lowest BCUT2D eigenvalue weighted by Gasteiger charge is -2.25. The molecule has 2 amide bonds. The first-order chi connectivity index (χ1) is 9.99. The van der Waals surface area contributed by atoms with Gasteiger partial charge in [-0.1, -0.05) is 30.3 Å². The maximum atomic E-state index is 12.1. The monoisotopic (exact) mass is 290 g/mol. The van der Waals surface area contributed by atoms with Gasteiger partial charge in [-0.15, -0.1) is 0 Å². The highest BCUT2D eigenvalue weighted by atomic mass is 16.5. The number of hydrogen-bond donors (Lipinski definition) is 1. The number of rotatable bonds is 5. The highest BCUT2D eigenvalue weighted by Crippen LogP contribution is 2.28. The van der Waals surface area contributed by atoms with Crippen LogP contribution in [-0.4, -0.2) is 35.8 Å². The summed E-state index contributed by atoms with van der Waals surface area (Å²) < 4.78 is 4.78. The van der Waals surface area contributed by atoms with Crippen molar-refractivity contribution in [3.8, 4) is 0 Å². The number of ether oxygens (including phenoxy) is 1. The Kier molecular flexibility index (Phi) is 4.57. The molecule has 1 heterocycles. The first-order valence-electron chi connectivity index (χ1n) is 6.78. The van der Waals surface area contributed by atoms with Crippen LogP contribution >= 0.6 is 0 Å². The molecule has 6 heteroatoms. The van der Waals surface area contributed by atoms with Crippen LogP contribution in [0.3, 0.4) is 0 Å². The van der Waals surface area contributed by atoms with Gasteiger partial charge in [-0.25, -0.2) is 0 Å². The lowest BCUT2D eigenvalue weighted by Crippen LogP contribution is -2.30. The molecule has 0 bridgehead atoms. The quantitative estimate of drug-likeness (QED) is 0.805. The maximum absolute atomic E-state index is 12.1. The molecule has 0 radical (unpaired) electrons. The third-order valence-corrected chi connectivity index (χ3v) is 3.60. The van der Waals surface area contributed by atoms with Gasteiger partial charge in [0.2, 0.25) is 5.91 Å². The topological polar surface area (TPSA) is 89.7 Å². The highest BCUT2D eigenvalue weighted by Gasteiger charge is 2.37. The first kappa shape index (κ1) is 15.0. The maximum Gasteiger partial charge on any atom is 0.311 e. The van der Waals surface area contributed by atoms with E-state index in [1.54, 1.807) is 4.90 Å². The van der Waals surface area contributed by atoms with Crippen molar-refractivity contribution < 1.29 is 19.1 Å². The third-order valence-electron chi connectivity index (χ3n) is 3.60. The van der Waals surface area contributed by atoms with E-state index in [9.17, 15) is 14.4 Å². The Morgan fingerprint density at radius 1 is 1.38 bits per heavy atom. The van der Waals surface area contributed by atoms with E-state index in [-0.39, 0.29) is 18.4 Å². The van der Waals surface area contributed by atoms with Gasteiger partial charge in [0.05, 0.1) is 12.0 Å². The molecule has 0 aromatic heterocycles. The molecule has 0 saturated carbocycles. The van der Waals surface area contributed by atoms with E-state index in [1.165, 1.54) is 0 Å². The number of carbonyl (C=O) groups is 3. The zero-order chi connectivity index (χ0) is 15.4. The number of amides is 2. The molecule has 1 aromatic carbocycles. The van der Waals surface area contributed by atoms with Crippen LogP contribution in [0.5, 0.6) is 0 Å². The number of esters is 1. The number of hydrogen-bond acceptors (Lipinski definition) is 4. The molecule has 1 saturated heterocycles. The molecule has 21 heavy (non-hydrogen) atoms. The van der Waals surface area contributed by atoms with Crippen molar-refractivity contribution in [3.05, 3.63) is 35.9 Å². The van der Waals surface area contributed by atoms with Crippen molar-refractivity contribution in [2.75, 3.05) is 13.2 Å². The van der Waals surface area contributed by atoms with Crippen LogP contribution in [0.1, 0.15) is 24.9 Å². The predicted molar refractivity (Wildman–Crippen MR) is 74.8 cm³/mol. The number of benzene rings is 1. The number of nitrogens with zero attached hydrogens (tertiary/aromatic N) is 1. The summed E-state index contributed by atoms with van der Waals surface area (Å²) in [6.07, 6.45) is 0.106. The lowest BCUT2D eigenvalue weighted by molar-refractivity contribution is -0.151. The zero-order valence-corrected chi connectivity index (χ0v) is 11.8. The SMILES string of the molecule is C[C@@H](c1ccccc1)N1C[C@H](C(=O)OCC(N)=O)CC1=O. The van der Waals surface area contributed by atoms with Gasteiger partial charge in [-0.3, -0.25) is 14.4 Å². The van der Waals surface area contributed by atoms with E-state index < -0.39 is 24.4 Å². The summed E-state index contributed by atoms with van der Waals surface area (Å²) in [6, 6.07) is 9.50. The van der Waals surface area contributed by atoms with Crippen molar-refractivity contribution in [3.63, 3.8) is 0 Å². The lowest BCUT2D eigenvalue weighted by atomic mass is 10.1. The first-order valence-corrected chi connectivity index (χ1v) is 6.78. The van der Waals surface area contributed by atoms with Crippen LogP contribution in [0, 0.1) is 5.92 Å². The largest absolute Gasteiger partial charge is 0.455 e. The smallest absolute Gasteiger partial charge is 0.311 e. The summed E-state index contributed by atoms with van der Waals surface area (Å²) in [4.78, 5) is 36.1. The van der Waals surface area contributed by atoms with Gasteiger partial charge < -0.3 is 15.4 Å². The summed E-state index contributed by atoms with van der Waals surface area (Å²) >= 11 is 0. The van der Waals surface area contributed by atoms with E-state index in [4.69, 9.17) is 10.5 Å². The Bertz CT molecular complexity index is 544. The van der Waals surface area contributed by atoms with Crippen molar-refractivity contribution in [2.24, 2.45) is 11.7 Å². The second kappa shape index (κ2) is 6.39. The molecule has 2 N–H and O–H groups in total. The van der Waals surface area contributed by atoms with Crippen LogP contribution in [0.25, 0.3) is 0 Å². The summed E-state index contributed by atoms with van der Waals surface area (Å²) in [5.41, 5.74) is 5.94. The number of likely N-dealkylation sites (tertiary alicyclic amines) is 1. The third kappa shape index (κ3) is 3.59.